The third kappa shape index (κ3) is 5.93. The van der Waals surface area contributed by atoms with Crippen LogP contribution in [0.15, 0.2) is 47.0 Å². The highest BCUT2D eigenvalue weighted by Gasteiger charge is 2.39. The molecule has 1 N–H and O–H groups in total. The van der Waals surface area contributed by atoms with Gasteiger partial charge < -0.3 is 19.1 Å². The maximum absolute atomic E-state index is 12.9. The number of methoxy groups -OCH3 is 1. The summed E-state index contributed by atoms with van der Waals surface area (Å²) in [7, 11) is 1.60. The van der Waals surface area contributed by atoms with Crippen molar-refractivity contribution in [2.75, 3.05) is 7.11 Å². The van der Waals surface area contributed by atoms with Gasteiger partial charge in [-0.2, -0.15) is 18.2 Å². The molecule has 1 heterocycles. The molecule has 2 aliphatic rings. The molecule has 0 unspecified atom stereocenters. The Morgan fingerprint density at radius 3 is 2.48 bits per heavy atom. The Labute approximate surface area is 229 Å². The number of carbonyl (C=O) groups is 1. The summed E-state index contributed by atoms with van der Waals surface area (Å²) in [6, 6.07) is 12.4. The second-order valence-electron chi connectivity index (χ2n) is 10.3. The van der Waals surface area contributed by atoms with E-state index in [4.69, 9.17) is 9.47 Å². The van der Waals surface area contributed by atoms with E-state index >= 15 is 0 Å². The molecular formula is C30H29F3N2O5. The Bertz CT molecular complexity index is 1420. The van der Waals surface area contributed by atoms with Crippen LogP contribution in [-0.4, -0.2) is 34.4 Å². The van der Waals surface area contributed by atoms with Crippen molar-refractivity contribution in [3.8, 4) is 34.7 Å². The van der Waals surface area contributed by atoms with E-state index in [1.165, 1.54) is 0 Å². The molecule has 3 aromatic rings. The van der Waals surface area contributed by atoms with Crippen molar-refractivity contribution in [2.45, 2.75) is 69.1 Å². The fraction of sp³-hybridized carbons (Fsp3) is 0.433. The number of benzene rings is 2. The van der Waals surface area contributed by atoms with Gasteiger partial charge in [0.15, 0.2) is 11.5 Å². The average Bonchev–Trinajstić information content (AvgIpc) is 3.65. The molecule has 40 heavy (non-hydrogen) atoms. The Balaban J connectivity index is 1.49. The first-order chi connectivity index (χ1) is 19.2. The van der Waals surface area contributed by atoms with Crippen molar-refractivity contribution in [1.82, 2.24) is 10.1 Å². The number of alkyl halides is 3. The number of ether oxygens (including phenoxy) is 2. The first kappa shape index (κ1) is 27.6. The van der Waals surface area contributed by atoms with E-state index in [1.807, 2.05) is 18.2 Å². The van der Waals surface area contributed by atoms with Gasteiger partial charge in [0.1, 0.15) is 0 Å². The monoisotopic (exact) mass is 554 g/mol. The number of aliphatic carboxylic acids is 1. The Morgan fingerprint density at radius 1 is 1.07 bits per heavy atom. The lowest BCUT2D eigenvalue weighted by Gasteiger charge is -2.36. The Kier molecular flexibility index (Phi) is 7.74. The zero-order valence-electron chi connectivity index (χ0n) is 22.0. The van der Waals surface area contributed by atoms with Gasteiger partial charge in [-0.25, -0.2) is 0 Å². The number of halogens is 3. The lowest BCUT2D eigenvalue weighted by molar-refractivity contribution is -0.159. The quantitative estimate of drug-likeness (QED) is 0.341. The van der Waals surface area contributed by atoms with E-state index in [0.29, 0.717) is 48.3 Å². The molecule has 2 aromatic carbocycles. The summed E-state index contributed by atoms with van der Waals surface area (Å²) in [6.45, 7) is 0. The molecule has 2 saturated carbocycles. The van der Waals surface area contributed by atoms with E-state index in [2.05, 4.69) is 26.5 Å². The molecule has 0 saturated heterocycles. The molecule has 7 nitrogen and oxygen atoms in total. The molecule has 10 heteroatoms. The van der Waals surface area contributed by atoms with Crippen molar-refractivity contribution in [3.63, 3.8) is 0 Å². The minimum absolute atomic E-state index is 0.125. The largest absolute Gasteiger partial charge is 0.493 e. The molecule has 210 valence electrons. The maximum atomic E-state index is 12.9. The highest BCUT2D eigenvalue weighted by molar-refractivity contribution is 5.70. The number of carboxylic acid groups (broad SMARTS) is 1. The van der Waals surface area contributed by atoms with Crippen LogP contribution in [-0.2, 0) is 16.4 Å². The molecule has 0 aliphatic heterocycles. The standard InChI is InChI=1S/C30H29F3N2O5/c1-38-24-10-9-22(18-25(24)39-23-7-2-3-8-23)29(15-12-20(13-16-29)27(36)37)14-11-19-5-4-6-21(17-19)26-34-28(40-35-26)30(31,32)33/h4-6,9-10,17-18,20,23H,2-3,7-8,12-13,15-16H2,1H3,(H,36,37)/t20-,29-. The number of hydrogen-bond donors (Lipinski definition) is 1. The second kappa shape index (κ2) is 11.2. The van der Waals surface area contributed by atoms with E-state index in [0.717, 1.165) is 31.2 Å². The summed E-state index contributed by atoms with van der Waals surface area (Å²) >= 11 is 0. The van der Waals surface area contributed by atoms with Crippen LogP contribution < -0.4 is 9.47 Å². The number of aromatic nitrogens is 2. The van der Waals surface area contributed by atoms with Gasteiger partial charge in [-0.3, -0.25) is 4.79 Å². The molecule has 2 fully saturated rings. The molecule has 0 spiro atoms. The first-order valence-electron chi connectivity index (χ1n) is 13.3. The van der Waals surface area contributed by atoms with Gasteiger partial charge in [-0.05, 0) is 81.2 Å². The van der Waals surface area contributed by atoms with Crippen molar-refractivity contribution >= 4 is 5.97 Å². The van der Waals surface area contributed by atoms with Gasteiger partial charge in [0, 0.05) is 11.1 Å². The molecule has 1 aromatic heterocycles. The Hall–Kier alpha value is -4.00. The van der Waals surface area contributed by atoms with E-state index in [1.54, 1.807) is 31.4 Å². The normalized spacial score (nSPS) is 21.4. The van der Waals surface area contributed by atoms with Crippen LogP contribution in [0.4, 0.5) is 13.2 Å². The lowest BCUT2D eigenvalue weighted by atomic mass is 9.67. The summed E-state index contributed by atoms with van der Waals surface area (Å²) < 4.78 is 55.0. The fourth-order valence-corrected chi connectivity index (χ4v) is 5.48. The molecule has 0 bridgehead atoms. The van der Waals surface area contributed by atoms with Crippen molar-refractivity contribution in [3.05, 3.63) is 59.5 Å². The topological polar surface area (TPSA) is 94.7 Å². The van der Waals surface area contributed by atoms with E-state index < -0.39 is 29.4 Å². The number of carboxylic acids is 1. The zero-order valence-corrected chi connectivity index (χ0v) is 22.0. The van der Waals surface area contributed by atoms with Gasteiger partial charge in [-0.1, -0.05) is 35.2 Å². The summed E-state index contributed by atoms with van der Waals surface area (Å²) in [5, 5.41) is 13.0. The lowest BCUT2D eigenvalue weighted by Crippen LogP contribution is -2.33. The molecule has 0 amide bonds. The van der Waals surface area contributed by atoms with Gasteiger partial charge in [-0.15, -0.1) is 0 Å². The molecular weight excluding hydrogens is 525 g/mol. The van der Waals surface area contributed by atoms with Crippen LogP contribution in [0.25, 0.3) is 11.4 Å². The van der Waals surface area contributed by atoms with Gasteiger partial charge in [0.2, 0.25) is 5.82 Å². The third-order valence-corrected chi connectivity index (χ3v) is 7.74. The maximum Gasteiger partial charge on any atom is 0.471 e. The molecule has 0 radical (unpaired) electrons. The van der Waals surface area contributed by atoms with Crippen LogP contribution >= 0.6 is 0 Å². The summed E-state index contributed by atoms with van der Waals surface area (Å²) in [6.07, 6.45) is 1.62. The average molecular weight is 555 g/mol. The predicted molar refractivity (Wildman–Crippen MR) is 139 cm³/mol. The minimum atomic E-state index is -4.73. The van der Waals surface area contributed by atoms with E-state index in [-0.39, 0.29) is 11.9 Å². The third-order valence-electron chi connectivity index (χ3n) is 7.74. The van der Waals surface area contributed by atoms with Gasteiger partial charge >= 0.3 is 18.0 Å². The summed E-state index contributed by atoms with van der Waals surface area (Å²) in [5.74, 6) is 5.03. The predicted octanol–water partition coefficient (Wildman–Crippen LogP) is 6.65. The van der Waals surface area contributed by atoms with E-state index in [9.17, 15) is 23.1 Å². The second-order valence-corrected chi connectivity index (χ2v) is 10.3. The highest BCUT2D eigenvalue weighted by Crippen LogP contribution is 2.44. The molecule has 5 rings (SSSR count). The summed E-state index contributed by atoms with van der Waals surface area (Å²) in [4.78, 5) is 15.2. The smallest absolute Gasteiger partial charge is 0.471 e. The van der Waals surface area contributed by atoms with Crippen LogP contribution in [0.3, 0.4) is 0 Å². The first-order valence-corrected chi connectivity index (χ1v) is 13.3. The number of rotatable bonds is 6. The van der Waals surface area contributed by atoms with Crippen molar-refractivity contribution in [2.24, 2.45) is 5.92 Å². The van der Waals surface area contributed by atoms with Gasteiger partial charge in [0.05, 0.1) is 24.5 Å². The Morgan fingerprint density at radius 2 is 1.82 bits per heavy atom. The molecule has 2 aliphatic carbocycles. The number of hydrogen-bond acceptors (Lipinski definition) is 6. The zero-order chi connectivity index (χ0) is 28.3. The van der Waals surface area contributed by atoms with Crippen LogP contribution in [0, 0.1) is 17.8 Å². The van der Waals surface area contributed by atoms with Crippen LogP contribution in [0.5, 0.6) is 11.5 Å². The number of nitrogens with zero attached hydrogens (tertiary/aromatic N) is 2. The van der Waals surface area contributed by atoms with Crippen molar-refractivity contribution < 1.29 is 37.1 Å². The summed E-state index contributed by atoms with van der Waals surface area (Å²) in [5.41, 5.74) is 1.18. The van der Waals surface area contributed by atoms with Crippen LogP contribution in [0.1, 0.15) is 68.4 Å². The molecule has 0 atom stereocenters. The van der Waals surface area contributed by atoms with Crippen molar-refractivity contribution in [1.29, 1.82) is 0 Å². The SMILES string of the molecule is COc1ccc([C@]2(C#Cc3cccc(-c4noc(C(F)(F)F)n4)c3)CC[C@@H](C(=O)O)CC2)cc1OC1CCCC1. The van der Waals surface area contributed by atoms with Gasteiger partial charge in [0.25, 0.3) is 0 Å². The highest BCUT2D eigenvalue weighted by atomic mass is 19.4. The van der Waals surface area contributed by atoms with Crippen LogP contribution in [0.2, 0.25) is 0 Å². The fourth-order valence-electron chi connectivity index (χ4n) is 5.48. The minimum Gasteiger partial charge on any atom is -0.493 e.